The van der Waals surface area contributed by atoms with Crippen molar-refractivity contribution in [3.63, 3.8) is 0 Å². The molecule has 3 amide bonds. The maximum absolute atomic E-state index is 13.3. The molecular weight excluding hydrogens is 574 g/mol. The van der Waals surface area contributed by atoms with E-state index in [-0.39, 0.29) is 25.0 Å². The first kappa shape index (κ1) is 33.2. The number of amides is 3. The standard InChI is InChI=1S/C35H41N3O7/c1-21(2)30(34(41)44-19-24-13-7-6-8-14-24)37-32(39)31(22(3)4)38(43)33(40)23(5)36-35(42)45-20-29-27-17-11-9-15-25(27)26-16-10-12-18-28(26)29/h6-18,21-23,29-31,43H,19-20H2,1-5H3,(H,36,42)(H,37,39)/t23-,30-,31-/m0/s1. The molecule has 0 spiro atoms. The summed E-state index contributed by atoms with van der Waals surface area (Å²) < 4.78 is 10.9. The largest absolute Gasteiger partial charge is 0.459 e. The molecule has 0 unspecified atom stereocenters. The number of nitrogens with one attached hydrogen (secondary N) is 2. The maximum Gasteiger partial charge on any atom is 0.407 e. The van der Waals surface area contributed by atoms with Gasteiger partial charge < -0.3 is 20.1 Å². The van der Waals surface area contributed by atoms with E-state index in [0.29, 0.717) is 5.06 Å². The van der Waals surface area contributed by atoms with Crippen molar-refractivity contribution in [1.82, 2.24) is 15.7 Å². The molecule has 0 heterocycles. The molecule has 3 N–H and O–H groups in total. The fraction of sp³-hybridized carbons (Fsp3) is 0.371. The third kappa shape index (κ3) is 7.88. The lowest BCUT2D eigenvalue weighted by atomic mass is 9.98. The summed E-state index contributed by atoms with van der Waals surface area (Å²) in [7, 11) is 0. The van der Waals surface area contributed by atoms with E-state index in [9.17, 15) is 24.4 Å². The molecule has 10 nitrogen and oxygen atoms in total. The molecule has 0 saturated heterocycles. The van der Waals surface area contributed by atoms with Gasteiger partial charge in [-0.05, 0) is 46.6 Å². The van der Waals surface area contributed by atoms with Crippen LogP contribution in [0.4, 0.5) is 4.79 Å². The van der Waals surface area contributed by atoms with Crippen LogP contribution >= 0.6 is 0 Å². The molecule has 1 aliphatic carbocycles. The van der Waals surface area contributed by atoms with E-state index in [1.165, 1.54) is 6.92 Å². The summed E-state index contributed by atoms with van der Waals surface area (Å²) in [5, 5.41) is 16.3. The van der Waals surface area contributed by atoms with Gasteiger partial charge in [0, 0.05) is 5.92 Å². The van der Waals surface area contributed by atoms with Crippen molar-refractivity contribution < 1.29 is 33.9 Å². The Kier molecular flexibility index (Phi) is 11.0. The first-order valence-electron chi connectivity index (χ1n) is 15.1. The maximum atomic E-state index is 13.3. The number of nitrogens with zero attached hydrogens (tertiary/aromatic N) is 1. The van der Waals surface area contributed by atoms with Crippen LogP contribution in [0.2, 0.25) is 0 Å². The number of alkyl carbamates (subject to hydrolysis) is 1. The van der Waals surface area contributed by atoms with Crippen LogP contribution in [0.3, 0.4) is 0 Å². The smallest absolute Gasteiger partial charge is 0.407 e. The number of benzene rings is 3. The molecule has 1 aliphatic rings. The zero-order chi connectivity index (χ0) is 32.7. The van der Waals surface area contributed by atoms with Gasteiger partial charge in [0.25, 0.3) is 5.91 Å². The van der Waals surface area contributed by atoms with Gasteiger partial charge in [-0.25, -0.2) is 14.7 Å². The van der Waals surface area contributed by atoms with E-state index < -0.39 is 47.9 Å². The van der Waals surface area contributed by atoms with E-state index in [1.54, 1.807) is 27.7 Å². The molecule has 0 bridgehead atoms. The Hall–Kier alpha value is -4.70. The van der Waals surface area contributed by atoms with E-state index in [1.807, 2.05) is 78.9 Å². The average molecular weight is 616 g/mol. The molecule has 0 fully saturated rings. The minimum Gasteiger partial charge on any atom is -0.459 e. The molecule has 3 aromatic carbocycles. The monoisotopic (exact) mass is 615 g/mol. The van der Waals surface area contributed by atoms with Gasteiger partial charge >= 0.3 is 12.1 Å². The minimum absolute atomic E-state index is 0.0377. The molecule has 238 valence electrons. The Morgan fingerprint density at radius 1 is 0.756 bits per heavy atom. The second-order valence-electron chi connectivity index (χ2n) is 11.9. The molecule has 0 aromatic heterocycles. The second-order valence-corrected chi connectivity index (χ2v) is 11.9. The fourth-order valence-corrected chi connectivity index (χ4v) is 5.47. The topological polar surface area (TPSA) is 134 Å². The van der Waals surface area contributed by atoms with Crippen molar-refractivity contribution in [2.45, 2.75) is 65.3 Å². The Bertz CT molecular complexity index is 1460. The van der Waals surface area contributed by atoms with Crippen molar-refractivity contribution >= 4 is 23.9 Å². The first-order chi connectivity index (χ1) is 21.5. The SMILES string of the molecule is CC(C)[C@H](NC(=O)[C@H](C(C)C)N(O)C(=O)[C@H](C)NC(=O)OCC1c2ccccc2-c2ccccc21)C(=O)OCc1ccccc1. The van der Waals surface area contributed by atoms with Crippen molar-refractivity contribution in [2.24, 2.45) is 11.8 Å². The summed E-state index contributed by atoms with van der Waals surface area (Å²) in [4.78, 5) is 52.1. The number of hydrogen-bond acceptors (Lipinski definition) is 7. The number of hydroxylamine groups is 2. The van der Waals surface area contributed by atoms with Crippen LogP contribution in [-0.2, 0) is 30.5 Å². The van der Waals surface area contributed by atoms with Gasteiger partial charge in [0.2, 0.25) is 5.91 Å². The third-order valence-corrected chi connectivity index (χ3v) is 7.88. The summed E-state index contributed by atoms with van der Waals surface area (Å²) in [6.07, 6.45) is -0.835. The van der Waals surface area contributed by atoms with E-state index in [4.69, 9.17) is 9.47 Å². The van der Waals surface area contributed by atoms with Crippen LogP contribution in [-0.4, -0.2) is 58.9 Å². The number of rotatable bonds is 12. The highest BCUT2D eigenvalue weighted by molar-refractivity contribution is 5.92. The highest BCUT2D eigenvalue weighted by atomic mass is 16.6. The van der Waals surface area contributed by atoms with Crippen LogP contribution in [0, 0.1) is 11.8 Å². The van der Waals surface area contributed by atoms with Crippen molar-refractivity contribution in [1.29, 1.82) is 0 Å². The Labute approximate surface area is 263 Å². The van der Waals surface area contributed by atoms with Gasteiger partial charge in [0.1, 0.15) is 31.3 Å². The Balaban J connectivity index is 1.34. The summed E-state index contributed by atoms with van der Waals surface area (Å²) in [5.74, 6) is -3.30. The lowest BCUT2D eigenvalue weighted by Gasteiger charge is -2.31. The number of fused-ring (bicyclic) bond motifs is 3. The summed E-state index contributed by atoms with van der Waals surface area (Å²) in [6.45, 7) is 8.29. The number of ether oxygens (including phenoxy) is 2. The average Bonchev–Trinajstić information content (AvgIpc) is 3.34. The van der Waals surface area contributed by atoms with Gasteiger partial charge in [0.15, 0.2) is 0 Å². The van der Waals surface area contributed by atoms with Crippen molar-refractivity contribution in [3.8, 4) is 11.1 Å². The molecule has 3 atom stereocenters. The zero-order valence-electron chi connectivity index (χ0n) is 26.2. The number of carbonyl (C=O) groups is 4. The van der Waals surface area contributed by atoms with Gasteiger partial charge in [-0.2, -0.15) is 0 Å². The van der Waals surface area contributed by atoms with E-state index >= 15 is 0 Å². The normalized spacial score (nSPS) is 14.1. The third-order valence-electron chi connectivity index (χ3n) is 7.88. The van der Waals surface area contributed by atoms with E-state index in [0.717, 1.165) is 27.8 Å². The number of esters is 1. The molecular formula is C35H41N3O7. The van der Waals surface area contributed by atoms with Gasteiger partial charge in [-0.3, -0.25) is 14.8 Å². The zero-order valence-corrected chi connectivity index (χ0v) is 26.2. The van der Waals surface area contributed by atoms with Crippen molar-refractivity contribution in [3.05, 3.63) is 95.6 Å². The summed E-state index contributed by atoms with van der Waals surface area (Å²) in [5.41, 5.74) is 5.07. The van der Waals surface area contributed by atoms with Gasteiger partial charge in [-0.15, -0.1) is 0 Å². The molecule has 45 heavy (non-hydrogen) atoms. The quantitative estimate of drug-likeness (QED) is 0.148. The highest BCUT2D eigenvalue weighted by Gasteiger charge is 2.37. The van der Waals surface area contributed by atoms with Crippen LogP contribution in [0.15, 0.2) is 78.9 Å². The molecule has 0 saturated carbocycles. The lowest BCUT2D eigenvalue weighted by Crippen LogP contribution is -2.58. The van der Waals surface area contributed by atoms with Gasteiger partial charge in [-0.1, -0.05) is 107 Å². The van der Waals surface area contributed by atoms with Crippen LogP contribution in [0.5, 0.6) is 0 Å². The summed E-state index contributed by atoms with van der Waals surface area (Å²) in [6, 6.07) is 21.4. The van der Waals surface area contributed by atoms with E-state index in [2.05, 4.69) is 10.6 Å². The van der Waals surface area contributed by atoms with Crippen LogP contribution < -0.4 is 10.6 Å². The Morgan fingerprint density at radius 3 is 1.87 bits per heavy atom. The lowest BCUT2D eigenvalue weighted by molar-refractivity contribution is -0.186. The van der Waals surface area contributed by atoms with Gasteiger partial charge in [0.05, 0.1) is 0 Å². The molecule has 3 aromatic rings. The minimum atomic E-state index is -1.34. The molecule has 0 aliphatic heterocycles. The molecule has 10 heteroatoms. The molecule has 4 rings (SSSR count). The number of hydrogen-bond donors (Lipinski definition) is 3. The van der Waals surface area contributed by atoms with Crippen LogP contribution in [0.1, 0.15) is 57.2 Å². The van der Waals surface area contributed by atoms with Crippen molar-refractivity contribution in [2.75, 3.05) is 6.61 Å². The first-order valence-corrected chi connectivity index (χ1v) is 15.1. The second kappa shape index (κ2) is 14.9. The van der Waals surface area contributed by atoms with Crippen LogP contribution in [0.25, 0.3) is 11.1 Å². The number of carbonyl (C=O) groups excluding carboxylic acids is 4. The highest BCUT2D eigenvalue weighted by Crippen LogP contribution is 2.44. The molecule has 0 radical (unpaired) electrons. The Morgan fingerprint density at radius 2 is 1.31 bits per heavy atom. The fourth-order valence-electron chi connectivity index (χ4n) is 5.47. The summed E-state index contributed by atoms with van der Waals surface area (Å²) >= 11 is 0. The predicted octanol–water partition coefficient (Wildman–Crippen LogP) is 5.04. The predicted molar refractivity (Wildman–Crippen MR) is 168 cm³/mol.